The predicted molar refractivity (Wildman–Crippen MR) is 92.2 cm³/mol. The zero-order valence-corrected chi connectivity index (χ0v) is 15.2. The highest BCUT2D eigenvalue weighted by atomic mass is 32.2. The first-order valence-electron chi connectivity index (χ1n) is 7.51. The van der Waals surface area contributed by atoms with Crippen LogP contribution in [0, 0.1) is 0 Å². The number of carboxylic acid groups (broad SMARTS) is 1. The Labute approximate surface area is 150 Å². The number of carbonyl (C=O) groups excluding carboxylic acids is 1. The van der Waals surface area contributed by atoms with E-state index >= 15 is 0 Å². The number of carboxylic acids is 1. The molecule has 0 aliphatic heterocycles. The van der Waals surface area contributed by atoms with Gasteiger partial charge in [-0.3, -0.25) is 4.79 Å². The quantitative estimate of drug-likeness (QED) is 0.764. The smallest absolute Gasteiger partial charge is 0.356 e. The average molecular weight is 378 g/mol. The maximum absolute atomic E-state index is 12.2. The number of hydrogen-bond acceptors (Lipinski definition) is 6. The minimum atomic E-state index is -3.52. The molecule has 0 bridgehead atoms. The lowest BCUT2D eigenvalue weighted by molar-refractivity contribution is 0.0689. The van der Waals surface area contributed by atoms with Gasteiger partial charge in [-0.05, 0) is 24.6 Å². The van der Waals surface area contributed by atoms with E-state index in [4.69, 9.17) is 5.11 Å². The summed E-state index contributed by atoms with van der Waals surface area (Å²) >= 11 is 0. The molecule has 1 aromatic heterocycles. The van der Waals surface area contributed by atoms with Gasteiger partial charge in [0.05, 0.1) is 23.3 Å². The van der Waals surface area contributed by atoms with E-state index in [2.05, 4.69) is 15.3 Å². The van der Waals surface area contributed by atoms with Crippen LogP contribution in [0.4, 0.5) is 0 Å². The van der Waals surface area contributed by atoms with Gasteiger partial charge in [-0.1, -0.05) is 12.1 Å². The summed E-state index contributed by atoms with van der Waals surface area (Å²) in [5, 5.41) is 11.5. The van der Waals surface area contributed by atoms with Crippen molar-refractivity contribution in [1.29, 1.82) is 0 Å². The molecule has 0 fully saturated rings. The van der Waals surface area contributed by atoms with Gasteiger partial charge in [-0.2, -0.15) is 0 Å². The lowest BCUT2D eigenvalue weighted by atomic mass is 10.1. The van der Waals surface area contributed by atoms with E-state index < -0.39 is 27.9 Å². The second kappa shape index (κ2) is 7.58. The molecule has 138 valence electrons. The van der Waals surface area contributed by atoms with Crippen LogP contribution in [0.15, 0.2) is 41.6 Å². The number of benzene rings is 1. The molecule has 1 aromatic carbocycles. The van der Waals surface area contributed by atoms with Gasteiger partial charge in [-0.15, -0.1) is 0 Å². The van der Waals surface area contributed by atoms with E-state index in [0.717, 1.165) is 16.7 Å². The number of rotatable bonds is 6. The second-order valence-corrected chi connectivity index (χ2v) is 7.80. The Morgan fingerprint density at radius 3 is 2.08 bits per heavy atom. The van der Waals surface area contributed by atoms with E-state index in [9.17, 15) is 18.0 Å². The van der Waals surface area contributed by atoms with Crippen molar-refractivity contribution in [3.05, 3.63) is 53.6 Å². The monoisotopic (exact) mass is 378 g/mol. The van der Waals surface area contributed by atoms with Crippen LogP contribution in [-0.2, 0) is 10.0 Å². The Morgan fingerprint density at radius 2 is 1.62 bits per heavy atom. The Hall–Kier alpha value is -2.85. The molecular weight excluding hydrogens is 360 g/mol. The summed E-state index contributed by atoms with van der Waals surface area (Å²) in [6, 6.07) is 5.74. The molecule has 0 aliphatic carbocycles. The van der Waals surface area contributed by atoms with Crippen molar-refractivity contribution in [3.8, 4) is 0 Å². The van der Waals surface area contributed by atoms with E-state index in [1.54, 1.807) is 19.1 Å². The third-order valence-corrected chi connectivity index (χ3v) is 5.44. The fourth-order valence-corrected chi connectivity index (χ4v) is 2.95. The molecule has 0 saturated heterocycles. The zero-order valence-electron chi connectivity index (χ0n) is 14.4. The van der Waals surface area contributed by atoms with Crippen molar-refractivity contribution in [2.75, 3.05) is 14.1 Å². The Balaban J connectivity index is 2.10. The molecule has 10 heteroatoms. The molecule has 1 heterocycles. The number of nitrogens with one attached hydrogen (secondary N) is 1. The van der Waals surface area contributed by atoms with Crippen molar-refractivity contribution in [2.24, 2.45) is 0 Å². The molecule has 0 radical (unpaired) electrons. The molecule has 26 heavy (non-hydrogen) atoms. The highest BCUT2D eigenvalue weighted by Gasteiger charge is 2.18. The lowest BCUT2D eigenvalue weighted by Gasteiger charge is -2.16. The maximum atomic E-state index is 12.2. The van der Waals surface area contributed by atoms with Crippen molar-refractivity contribution >= 4 is 21.9 Å². The van der Waals surface area contributed by atoms with E-state index in [0.29, 0.717) is 5.56 Å². The van der Waals surface area contributed by atoms with Gasteiger partial charge in [0.25, 0.3) is 5.91 Å². The van der Waals surface area contributed by atoms with Crippen molar-refractivity contribution in [2.45, 2.75) is 17.9 Å². The van der Waals surface area contributed by atoms with Crippen LogP contribution in [0.3, 0.4) is 0 Å². The van der Waals surface area contributed by atoms with E-state index in [-0.39, 0.29) is 16.3 Å². The summed E-state index contributed by atoms with van der Waals surface area (Å²) in [7, 11) is -0.622. The summed E-state index contributed by atoms with van der Waals surface area (Å²) in [6.45, 7) is 1.73. The predicted octanol–water partition coefficient (Wildman–Crippen LogP) is 0.916. The van der Waals surface area contributed by atoms with Crippen molar-refractivity contribution in [3.63, 3.8) is 0 Å². The van der Waals surface area contributed by atoms with Crippen molar-refractivity contribution in [1.82, 2.24) is 19.6 Å². The van der Waals surface area contributed by atoms with Gasteiger partial charge in [0.2, 0.25) is 10.0 Å². The molecule has 2 N–H and O–H groups in total. The minimum absolute atomic E-state index is 0.0198. The first-order chi connectivity index (χ1) is 12.1. The third-order valence-electron chi connectivity index (χ3n) is 3.61. The average Bonchev–Trinajstić information content (AvgIpc) is 2.61. The molecule has 1 unspecified atom stereocenters. The number of hydrogen-bond donors (Lipinski definition) is 2. The highest BCUT2D eigenvalue weighted by molar-refractivity contribution is 7.89. The molecule has 2 rings (SSSR count). The fourth-order valence-electron chi connectivity index (χ4n) is 2.05. The molecule has 2 aromatic rings. The topological polar surface area (TPSA) is 130 Å². The summed E-state index contributed by atoms with van der Waals surface area (Å²) in [6.07, 6.45) is 2.08. The molecular formula is C16H18N4O5S. The van der Waals surface area contributed by atoms with E-state index in [1.807, 2.05) is 0 Å². The number of amides is 1. The zero-order chi connectivity index (χ0) is 19.5. The molecule has 9 nitrogen and oxygen atoms in total. The fraction of sp³-hybridized carbons (Fsp3) is 0.250. The summed E-state index contributed by atoms with van der Waals surface area (Å²) in [5.74, 6) is -1.75. The number of sulfonamides is 1. The Kier molecular flexibility index (Phi) is 5.68. The van der Waals surface area contributed by atoms with E-state index in [1.165, 1.54) is 26.2 Å². The number of aromatic carboxylic acids is 1. The molecule has 0 aliphatic rings. The minimum Gasteiger partial charge on any atom is -0.476 e. The second-order valence-electron chi connectivity index (χ2n) is 5.64. The number of nitrogens with zero attached hydrogens (tertiary/aromatic N) is 3. The first kappa shape index (κ1) is 19.5. The normalized spacial score (nSPS) is 12.6. The van der Waals surface area contributed by atoms with Crippen LogP contribution in [0.2, 0.25) is 0 Å². The molecule has 0 saturated carbocycles. The van der Waals surface area contributed by atoms with Gasteiger partial charge >= 0.3 is 5.97 Å². The largest absolute Gasteiger partial charge is 0.476 e. The Morgan fingerprint density at radius 1 is 1.08 bits per heavy atom. The van der Waals surface area contributed by atoms with Crippen LogP contribution in [0.25, 0.3) is 0 Å². The van der Waals surface area contributed by atoms with Gasteiger partial charge in [0.15, 0.2) is 5.69 Å². The highest BCUT2D eigenvalue weighted by Crippen LogP contribution is 2.18. The van der Waals surface area contributed by atoms with Crippen molar-refractivity contribution < 1.29 is 23.1 Å². The standard InChI is InChI=1S/C16H18N4O5S/c1-10(11-4-6-12(7-5-11)26(24,25)20(2)3)19-15(21)13-8-18-14(9-17-13)16(22)23/h4-10H,1-3H3,(H,19,21)(H,22,23). The summed E-state index contributed by atoms with van der Waals surface area (Å²) in [5.41, 5.74) is 0.423. The summed E-state index contributed by atoms with van der Waals surface area (Å²) in [4.78, 5) is 30.5. The first-order valence-corrected chi connectivity index (χ1v) is 8.95. The SMILES string of the molecule is CC(NC(=O)c1cnc(C(=O)O)cn1)c1ccc(S(=O)(=O)N(C)C)cc1. The van der Waals surface area contributed by atoms with Crippen LogP contribution in [0.5, 0.6) is 0 Å². The number of carbonyl (C=O) groups is 2. The van der Waals surface area contributed by atoms with Crippen LogP contribution >= 0.6 is 0 Å². The van der Waals surface area contributed by atoms with Gasteiger partial charge < -0.3 is 10.4 Å². The lowest BCUT2D eigenvalue weighted by Crippen LogP contribution is -2.28. The molecule has 1 amide bonds. The van der Waals surface area contributed by atoms with Gasteiger partial charge in [0.1, 0.15) is 5.69 Å². The van der Waals surface area contributed by atoms with Gasteiger partial charge in [0, 0.05) is 14.1 Å². The van der Waals surface area contributed by atoms with Crippen LogP contribution in [0.1, 0.15) is 39.5 Å². The third kappa shape index (κ3) is 4.21. The maximum Gasteiger partial charge on any atom is 0.356 e. The van der Waals surface area contributed by atoms with Crippen LogP contribution < -0.4 is 5.32 Å². The number of aromatic nitrogens is 2. The molecule has 0 spiro atoms. The van der Waals surface area contributed by atoms with Gasteiger partial charge in [-0.25, -0.2) is 27.5 Å². The summed E-state index contributed by atoms with van der Waals surface area (Å²) < 4.78 is 25.2. The Bertz CT molecular complexity index is 909. The molecule has 1 atom stereocenters. The van der Waals surface area contributed by atoms with Crippen LogP contribution in [-0.4, -0.2) is 53.8 Å².